The lowest BCUT2D eigenvalue weighted by Crippen LogP contribution is -2.28. The van der Waals surface area contributed by atoms with Gasteiger partial charge in [-0.15, -0.1) is 11.8 Å². The molecular weight excluding hydrogens is 396 g/mol. The van der Waals surface area contributed by atoms with Crippen molar-refractivity contribution in [2.24, 2.45) is 0 Å². The quantitative estimate of drug-likeness (QED) is 0.661. The number of amides is 1. The van der Waals surface area contributed by atoms with Crippen molar-refractivity contribution in [1.29, 1.82) is 0 Å². The van der Waals surface area contributed by atoms with Crippen LogP contribution in [0, 0.1) is 0 Å². The Bertz CT molecular complexity index is 911. The van der Waals surface area contributed by atoms with Crippen LogP contribution in [0.1, 0.15) is 19.8 Å². The third-order valence-corrected chi connectivity index (χ3v) is 7.26. The van der Waals surface area contributed by atoms with Gasteiger partial charge in [-0.25, -0.2) is 8.42 Å². The van der Waals surface area contributed by atoms with Crippen LogP contribution in [0.3, 0.4) is 0 Å². The molecule has 2 aromatic carbocycles. The van der Waals surface area contributed by atoms with Crippen LogP contribution in [-0.2, 0) is 14.8 Å². The molecule has 2 aromatic rings. The van der Waals surface area contributed by atoms with E-state index >= 15 is 0 Å². The molecule has 8 heteroatoms. The molecule has 150 valence electrons. The molecule has 1 N–H and O–H groups in total. The molecule has 0 bridgehead atoms. The predicted molar refractivity (Wildman–Crippen MR) is 111 cm³/mol. The van der Waals surface area contributed by atoms with Gasteiger partial charge < -0.3 is 10.1 Å². The summed E-state index contributed by atoms with van der Waals surface area (Å²) >= 11 is 1.43. The molecule has 3 rings (SSSR count). The molecule has 0 aromatic heterocycles. The monoisotopic (exact) mass is 420 g/mol. The number of ether oxygens (including phenoxy) is 1. The van der Waals surface area contributed by atoms with Gasteiger partial charge in [0.25, 0.3) is 0 Å². The standard InChI is InChI=1S/C20H24N2O4S2/c1-2-26-18-11-10-16(14-19(18)28(24,25)22-12-6-7-13-22)21-20(23)15-27-17-8-4-3-5-9-17/h3-5,8-11,14H,2,6-7,12-13,15H2,1H3,(H,21,23). The molecule has 0 spiro atoms. The van der Waals surface area contributed by atoms with E-state index in [1.807, 2.05) is 37.3 Å². The van der Waals surface area contributed by atoms with Crippen molar-refractivity contribution in [2.75, 3.05) is 30.8 Å². The fraction of sp³-hybridized carbons (Fsp3) is 0.350. The number of carbonyl (C=O) groups is 1. The molecule has 1 aliphatic heterocycles. The van der Waals surface area contributed by atoms with Crippen LogP contribution < -0.4 is 10.1 Å². The Hall–Kier alpha value is -2.03. The van der Waals surface area contributed by atoms with Gasteiger partial charge in [0.1, 0.15) is 10.6 Å². The Labute approximate surface area is 170 Å². The predicted octanol–water partition coefficient (Wildman–Crippen LogP) is 3.60. The van der Waals surface area contributed by atoms with E-state index in [4.69, 9.17) is 4.74 Å². The topological polar surface area (TPSA) is 75.7 Å². The average molecular weight is 421 g/mol. The van der Waals surface area contributed by atoms with E-state index in [0.29, 0.717) is 31.1 Å². The van der Waals surface area contributed by atoms with Crippen molar-refractivity contribution >= 4 is 33.4 Å². The molecule has 1 aliphatic rings. The number of carbonyl (C=O) groups excluding carboxylic acids is 1. The van der Waals surface area contributed by atoms with E-state index in [1.54, 1.807) is 12.1 Å². The van der Waals surface area contributed by atoms with Crippen molar-refractivity contribution < 1.29 is 17.9 Å². The number of hydrogen-bond acceptors (Lipinski definition) is 5. The Balaban J connectivity index is 1.75. The Morgan fingerprint density at radius 2 is 1.86 bits per heavy atom. The third kappa shape index (κ3) is 5.06. The Morgan fingerprint density at radius 3 is 2.54 bits per heavy atom. The highest BCUT2D eigenvalue weighted by Crippen LogP contribution is 2.31. The van der Waals surface area contributed by atoms with E-state index in [9.17, 15) is 13.2 Å². The molecule has 28 heavy (non-hydrogen) atoms. The molecule has 0 saturated carbocycles. The number of anilines is 1. The summed E-state index contributed by atoms with van der Waals surface area (Å²) in [6.07, 6.45) is 1.71. The fourth-order valence-corrected chi connectivity index (χ4v) is 5.39. The van der Waals surface area contributed by atoms with Gasteiger partial charge in [-0.3, -0.25) is 4.79 Å². The molecule has 0 unspecified atom stereocenters. The second kappa shape index (κ2) is 9.45. The maximum atomic E-state index is 13.0. The van der Waals surface area contributed by atoms with Crippen LogP contribution >= 0.6 is 11.8 Å². The maximum Gasteiger partial charge on any atom is 0.246 e. The summed E-state index contributed by atoms with van der Waals surface area (Å²) in [5.74, 6) is 0.361. The van der Waals surface area contributed by atoms with Crippen LogP contribution in [0.25, 0.3) is 0 Å². The zero-order valence-corrected chi connectivity index (χ0v) is 17.4. The lowest BCUT2D eigenvalue weighted by molar-refractivity contribution is -0.113. The highest BCUT2D eigenvalue weighted by molar-refractivity contribution is 8.00. The van der Waals surface area contributed by atoms with Crippen molar-refractivity contribution in [1.82, 2.24) is 4.31 Å². The summed E-state index contributed by atoms with van der Waals surface area (Å²) < 4.78 is 33.0. The lowest BCUT2D eigenvalue weighted by Gasteiger charge is -2.19. The molecule has 1 heterocycles. The summed E-state index contributed by atoms with van der Waals surface area (Å²) in [5.41, 5.74) is 0.444. The first kappa shape index (κ1) is 20.7. The second-order valence-corrected chi connectivity index (χ2v) is 9.31. The number of sulfonamides is 1. The molecule has 6 nitrogen and oxygen atoms in total. The molecular formula is C20H24N2O4S2. The smallest absolute Gasteiger partial charge is 0.246 e. The number of thioether (sulfide) groups is 1. The van der Waals surface area contributed by atoms with Crippen LogP contribution in [0.4, 0.5) is 5.69 Å². The highest BCUT2D eigenvalue weighted by Gasteiger charge is 2.30. The van der Waals surface area contributed by atoms with Crippen molar-refractivity contribution in [3.05, 3.63) is 48.5 Å². The third-order valence-electron chi connectivity index (χ3n) is 4.32. The zero-order valence-electron chi connectivity index (χ0n) is 15.8. The maximum absolute atomic E-state index is 13.0. The van der Waals surface area contributed by atoms with Crippen molar-refractivity contribution in [3.8, 4) is 5.75 Å². The van der Waals surface area contributed by atoms with Crippen LogP contribution in [0.15, 0.2) is 58.3 Å². The summed E-state index contributed by atoms with van der Waals surface area (Å²) in [6.45, 7) is 3.20. The Kier molecular flexibility index (Phi) is 6.98. The minimum atomic E-state index is -3.65. The van der Waals surface area contributed by atoms with Gasteiger partial charge in [-0.2, -0.15) is 4.31 Å². The second-order valence-electron chi connectivity index (χ2n) is 6.36. The minimum Gasteiger partial charge on any atom is -0.492 e. The van der Waals surface area contributed by atoms with Gasteiger partial charge >= 0.3 is 0 Å². The summed E-state index contributed by atoms with van der Waals surface area (Å²) in [4.78, 5) is 13.4. The van der Waals surface area contributed by atoms with Gasteiger partial charge in [0.05, 0.1) is 12.4 Å². The molecule has 0 aliphatic carbocycles. The summed E-state index contributed by atoms with van der Waals surface area (Å²) in [5, 5.41) is 2.79. The van der Waals surface area contributed by atoms with Gasteiger partial charge in [0.15, 0.2) is 0 Å². The average Bonchev–Trinajstić information content (AvgIpc) is 3.24. The number of hydrogen-bond donors (Lipinski definition) is 1. The first-order chi connectivity index (χ1) is 13.5. The van der Waals surface area contributed by atoms with Gasteiger partial charge in [-0.05, 0) is 50.1 Å². The van der Waals surface area contributed by atoms with Crippen LogP contribution in [0.5, 0.6) is 5.75 Å². The highest BCUT2D eigenvalue weighted by atomic mass is 32.2. The van der Waals surface area contributed by atoms with Crippen LogP contribution in [-0.4, -0.2) is 44.1 Å². The van der Waals surface area contributed by atoms with Crippen molar-refractivity contribution in [2.45, 2.75) is 29.6 Å². The molecule has 1 amide bonds. The van der Waals surface area contributed by atoms with Gasteiger partial charge in [-0.1, -0.05) is 18.2 Å². The number of nitrogens with one attached hydrogen (secondary N) is 1. The SMILES string of the molecule is CCOc1ccc(NC(=O)CSc2ccccc2)cc1S(=O)(=O)N1CCCC1. The largest absolute Gasteiger partial charge is 0.492 e. The summed E-state index contributed by atoms with van der Waals surface area (Å²) in [6, 6.07) is 14.4. The number of benzene rings is 2. The first-order valence-corrected chi connectivity index (χ1v) is 11.7. The fourth-order valence-electron chi connectivity index (χ4n) is 2.99. The van der Waals surface area contributed by atoms with E-state index in [0.717, 1.165) is 17.7 Å². The van der Waals surface area contributed by atoms with E-state index < -0.39 is 10.0 Å². The molecule has 0 atom stereocenters. The molecule has 1 saturated heterocycles. The zero-order chi connectivity index (χ0) is 20.0. The molecule has 1 fully saturated rings. The van der Waals surface area contributed by atoms with Gasteiger partial charge in [0.2, 0.25) is 15.9 Å². The lowest BCUT2D eigenvalue weighted by atomic mass is 10.3. The molecule has 0 radical (unpaired) electrons. The number of rotatable bonds is 8. The normalized spacial score (nSPS) is 14.8. The first-order valence-electron chi connectivity index (χ1n) is 9.25. The van der Waals surface area contributed by atoms with E-state index in [-0.39, 0.29) is 16.6 Å². The van der Waals surface area contributed by atoms with Crippen LogP contribution in [0.2, 0.25) is 0 Å². The van der Waals surface area contributed by atoms with E-state index in [1.165, 1.54) is 22.1 Å². The van der Waals surface area contributed by atoms with Crippen molar-refractivity contribution in [3.63, 3.8) is 0 Å². The minimum absolute atomic E-state index is 0.102. The summed E-state index contributed by atoms with van der Waals surface area (Å²) in [7, 11) is -3.65. The number of nitrogens with zero attached hydrogens (tertiary/aromatic N) is 1. The van der Waals surface area contributed by atoms with E-state index in [2.05, 4.69) is 5.32 Å². The van der Waals surface area contributed by atoms with Gasteiger partial charge in [0, 0.05) is 23.7 Å². The Morgan fingerprint density at radius 1 is 1.14 bits per heavy atom.